The van der Waals surface area contributed by atoms with Crippen molar-refractivity contribution in [3.63, 3.8) is 0 Å². The molecule has 3 aliphatic rings. The lowest BCUT2D eigenvalue weighted by atomic mass is 9.75. The van der Waals surface area contributed by atoms with Crippen LogP contribution in [-0.2, 0) is 6.54 Å². The molecule has 1 aliphatic carbocycles. The molecule has 2 aromatic rings. The second kappa shape index (κ2) is 8.44. The molecular formula is C21H26N6S2. The maximum Gasteiger partial charge on any atom is 0.193 e. The van der Waals surface area contributed by atoms with Crippen molar-refractivity contribution in [1.82, 2.24) is 25.5 Å². The number of piperidine rings is 1. The summed E-state index contributed by atoms with van der Waals surface area (Å²) in [6.07, 6.45) is 9.34. The summed E-state index contributed by atoms with van der Waals surface area (Å²) in [5.41, 5.74) is 2.59. The molecule has 152 valence electrons. The fraction of sp³-hybridized carbons (Fsp3) is 0.524. The van der Waals surface area contributed by atoms with Gasteiger partial charge in [0, 0.05) is 23.7 Å². The van der Waals surface area contributed by atoms with Crippen molar-refractivity contribution in [3.05, 3.63) is 40.6 Å². The van der Waals surface area contributed by atoms with Gasteiger partial charge in [-0.1, -0.05) is 60.6 Å². The van der Waals surface area contributed by atoms with Crippen LogP contribution in [0.4, 0.5) is 5.69 Å². The smallest absolute Gasteiger partial charge is 0.193 e. The number of tetrazole rings is 1. The lowest BCUT2D eigenvalue weighted by Crippen LogP contribution is -2.41. The largest absolute Gasteiger partial charge is 0.371 e. The van der Waals surface area contributed by atoms with Gasteiger partial charge in [-0.05, 0) is 48.4 Å². The van der Waals surface area contributed by atoms with E-state index in [2.05, 4.69) is 60.8 Å². The molecule has 2 aliphatic heterocycles. The molecule has 0 radical (unpaired) electrons. The number of aromatic amines is 1. The predicted molar refractivity (Wildman–Crippen MR) is 121 cm³/mol. The number of H-pyrrole nitrogens is 1. The quantitative estimate of drug-likeness (QED) is 0.739. The van der Waals surface area contributed by atoms with Crippen molar-refractivity contribution in [1.29, 1.82) is 0 Å². The number of fused-ring (bicyclic) bond motifs is 1. The van der Waals surface area contributed by atoms with E-state index in [1.807, 2.05) is 0 Å². The summed E-state index contributed by atoms with van der Waals surface area (Å²) in [6.45, 7) is 3.84. The third-order valence-electron chi connectivity index (χ3n) is 6.42. The zero-order valence-electron chi connectivity index (χ0n) is 16.5. The Labute approximate surface area is 181 Å². The number of hydrogen-bond donors (Lipinski definition) is 1. The van der Waals surface area contributed by atoms with Crippen LogP contribution < -0.4 is 4.90 Å². The molecule has 1 N–H and O–H groups in total. The van der Waals surface area contributed by atoms with Gasteiger partial charge >= 0.3 is 0 Å². The standard InChI is InChI=1S/C21H26N6S2/c28-21-27(14-20-22-24-25-23-20)13-19(29-21)11-15-5-7-18(8-6-15)26-10-9-16-3-1-2-4-17(16)12-26/h5-8,11,16-17H,1-4,9-10,12-14H2,(H,22,23,24,25)/b19-11-/t16-,17-/m0/s1. The average Bonchev–Trinajstić information content (AvgIpc) is 3.38. The Morgan fingerprint density at radius 2 is 1.97 bits per heavy atom. The highest BCUT2D eigenvalue weighted by atomic mass is 32.2. The van der Waals surface area contributed by atoms with E-state index in [1.54, 1.807) is 11.8 Å². The number of benzene rings is 1. The van der Waals surface area contributed by atoms with Crippen molar-refractivity contribution in [2.75, 3.05) is 24.5 Å². The van der Waals surface area contributed by atoms with Crippen LogP contribution in [0.1, 0.15) is 43.5 Å². The van der Waals surface area contributed by atoms with Crippen LogP contribution in [0, 0.1) is 11.8 Å². The topological polar surface area (TPSA) is 60.9 Å². The molecule has 0 spiro atoms. The average molecular weight is 427 g/mol. The van der Waals surface area contributed by atoms with Crippen molar-refractivity contribution in [2.24, 2.45) is 11.8 Å². The first kappa shape index (κ1) is 19.1. The van der Waals surface area contributed by atoms with Crippen LogP contribution in [0.5, 0.6) is 0 Å². The zero-order chi connectivity index (χ0) is 19.6. The first-order chi connectivity index (χ1) is 14.2. The Bertz CT molecular complexity index is 879. The summed E-state index contributed by atoms with van der Waals surface area (Å²) in [5, 5.41) is 14.1. The minimum absolute atomic E-state index is 0.593. The monoisotopic (exact) mass is 426 g/mol. The second-order valence-corrected chi connectivity index (χ2v) is 10.1. The van der Waals surface area contributed by atoms with Crippen molar-refractivity contribution >= 4 is 40.1 Å². The summed E-state index contributed by atoms with van der Waals surface area (Å²) < 4.78 is 0.869. The Hall–Kier alpha value is -1.93. The highest BCUT2D eigenvalue weighted by Gasteiger charge is 2.31. The molecule has 3 heterocycles. The number of aromatic nitrogens is 4. The van der Waals surface area contributed by atoms with Crippen LogP contribution >= 0.6 is 24.0 Å². The fourth-order valence-corrected chi connectivity index (χ4v) is 6.23. The van der Waals surface area contributed by atoms with E-state index in [4.69, 9.17) is 12.2 Å². The van der Waals surface area contributed by atoms with Crippen LogP contribution in [0.15, 0.2) is 29.2 Å². The summed E-state index contributed by atoms with van der Waals surface area (Å²) in [5.74, 6) is 2.54. The first-order valence-electron chi connectivity index (χ1n) is 10.5. The van der Waals surface area contributed by atoms with E-state index in [0.29, 0.717) is 12.4 Å². The van der Waals surface area contributed by atoms with Gasteiger partial charge < -0.3 is 9.80 Å². The van der Waals surface area contributed by atoms with Crippen molar-refractivity contribution < 1.29 is 0 Å². The molecule has 2 atom stereocenters. The molecule has 5 rings (SSSR count). The summed E-state index contributed by atoms with van der Waals surface area (Å²) in [4.78, 5) is 5.96. The van der Waals surface area contributed by atoms with Gasteiger partial charge in [0.1, 0.15) is 4.32 Å². The van der Waals surface area contributed by atoms with Crippen LogP contribution in [0.3, 0.4) is 0 Å². The molecule has 1 aromatic heterocycles. The third-order valence-corrected chi connectivity index (χ3v) is 7.87. The predicted octanol–water partition coefficient (Wildman–Crippen LogP) is 4.09. The van der Waals surface area contributed by atoms with Crippen molar-refractivity contribution in [2.45, 2.75) is 38.6 Å². The van der Waals surface area contributed by atoms with Gasteiger partial charge in [-0.3, -0.25) is 0 Å². The number of nitrogens with zero attached hydrogens (tertiary/aromatic N) is 5. The van der Waals surface area contributed by atoms with Gasteiger partial charge in [-0.2, -0.15) is 5.21 Å². The Kier molecular flexibility index (Phi) is 5.54. The number of thioether (sulfide) groups is 1. The minimum Gasteiger partial charge on any atom is -0.371 e. The normalized spacial score (nSPS) is 26.2. The lowest BCUT2D eigenvalue weighted by molar-refractivity contribution is 0.202. The fourth-order valence-electron chi connectivity index (χ4n) is 4.88. The summed E-state index contributed by atoms with van der Waals surface area (Å²) >= 11 is 7.17. The molecule has 0 bridgehead atoms. The van der Waals surface area contributed by atoms with E-state index >= 15 is 0 Å². The van der Waals surface area contributed by atoms with Gasteiger partial charge in [0.2, 0.25) is 0 Å². The molecule has 6 nitrogen and oxygen atoms in total. The van der Waals surface area contributed by atoms with E-state index in [1.165, 1.54) is 61.3 Å². The summed E-state index contributed by atoms with van der Waals surface area (Å²) in [6, 6.07) is 9.04. The highest BCUT2D eigenvalue weighted by molar-refractivity contribution is 8.25. The van der Waals surface area contributed by atoms with Gasteiger partial charge in [-0.25, -0.2) is 0 Å². The molecule has 0 amide bonds. The maximum absolute atomic E-state index is 5.51. The number of anilines is 1. The Morgan fingerprint density at radius 1 is 1.14 bits per heavy atom. The molecule has 2 saturated heterocycles. The number of thiocarbonyl (C=S) groups is 1. The molecule has 8 heteroatoms. The van der Waals surface area contributed by atoms with Gasteiger partial charge in [0.05, 0.1) is 13.1 Å². The van der Waals surface area contributed by atoms with E-state index in [9.17, 15) is 0 Å². The molecule has 1 saturated carbocycles. The second-order valence-electron chi connectivity index (χ2n) is 8.29. The molecule has 3 fully saturated rings. The van der Waals surface area contributed by atoms with E-state index in [0.717, 1.165) is 22.7 Å². The third kappa shape index (κ3) is 4.33. The van der Waals surface area contributed by atoms with E-state index in [-0.39, 0.29) is 0 Å². The molecule has 1 aromatic carbocycles. The van der Waals surface area contributed by atoms with Crippen LogP contribution in [-0.4, -0.2) is 49.5 Å². The summed E-state index contributed by atoms with van der Waals surface area (Å²) in [7, 11) is 0. The Morgan fingerprint density at radius 3 is 2.76 bits per heavy atom. The van der Waals surface area contributed by atoms with E-state index < -0.39 is 0 Å². The maximum atomic E-state index is 5.51. The number of nitrogens with one attached hydrogen (secondary N) is 1. The molecule has 29 heavy (non-hydrogen) atoms. The zero-order valence-corrected chi connectivity index (χ0v) is 18.1. The van der Waals surface area contributed by atoms with Gasteiger partial charge in [0.15, 0.2) is 5.82 Å². The SMILES string of the molecule is S=C1S/C(=C\c2ccc(N3CC[C@@H]4CCCC[C@H]4C3)cc2)CN1Cc1nn[nH]n1. The lowest BCUT2D eigenvalue weighted by Gasteiger charge is -2.42. The molecule has 0 unspecified atom stereocenters. The van der Waals surface area contributed by atoms with Gasteiger partial charge in [0.25, 0.3) is 0 Å². The van der Waals surface area contributed by atoms with Crippen molar-refractivity contribution in [3.8, 4) is 0 Å². The van der Waals surface area contributed by atoms with Crippen LogP contribution in [0.2, 0.25) is 0 Å². The minimum atomic E-state index is 0.593. The molecular weight excluding hydrogens is 400 g/mol. The Balaban J connectivity index is 1.22. The number of rotatable bonds is 4. The highest BCUT2D eigenvalue weighted by Crippen LogP contribution is 2.38. The number of hydrogen-bond acceptors (Lipinski definition) is 6. The van der Waals surface area contributed by atoms with Gasteiger partial charge in [-0.15, -0.1) is 10.2 Å². The first-order valence-corrected chi connectivity index (χ1v) is 11.7. The van der Waals surface area contributed by atoms with Crippen LogP contribution in [0.25, 0.3) is 6.08 Å².